The zero-order chi connectivity index (χ0) is 19.4. The normalized spacial score (nSPS) is 10.6. The highest BCUT2D eigenvalue weighted by Crippen LogP contribution is 2.16. The van der Waals surface area contributed by atoms with Crippen LogP contribution in [-0.2, 0) is 11.3 Å². The molecule has 1 N–H and O–H groups in total. The van der Waals surface area contributed by atoms with Crippen molar-refractivity contribution in [2.45, 2.75) is 6.54 Å². The molecule has 138 valence electrons. The number of benzene rings is 3. The molecule has 3 aromatic rings. The van der Waals surface area contributed by atoms with Gasteiger partial charge in [-0.2, -0.15) is 0 Å². The zero-order valence-electron chi connectivity index (χ0n) is 14.7. The summed E-state index contributed by atoms with van der Waals surface area (Å²) in [7, 11) is 1.63. The van der Waals surface area contributed by atoms with E-state index in [1.807, 2.05) is 42.5 Å². The standard InChI is InChI=1S/C21H18F2N2O2/c1-25(13-14-6-7-15-4-2-3-5-16(15)10-14)20(26)12-24-21(27)18-9-8-17(22)11-19(18)23/h2-11H,12-13H2,1H3,(H,24,27). The molecule has 0 fully saturated rings. The van der Waals surface area contributed by atoms with Crippen molar-refractivity contribution in [2.24, 2.45) is 0 Å². The number of halogens is 2. The third-order valence-corrected chi connectivity index (χ3v) is 4.24. The lowest BCUT2D eigenvalue weighted by molar-refractivity contribution is -0.129. The molecule has 0 radical (unpaired) electrons. The summed E-state index contributed by atoms with van der Waals surface area (Å²) in [4.78, 5) is 25.7. The van der Waals surface area contributed by atoms with Crippen LogP contribution in [0.15, 0.2) is 60.7 Å². The van der Waals surface area contributed by atoms with Crippen LogP contribution in [0.3, 0.4) is 0 Å². The smallest absolute Gasteiger partial charge is 0.254 e. The van der Waals surface area contributed by atoms with Crippen LogP contribution in [0, 0.1) is 11.6 Å². The quantitative estimate of drug-likeness (QED) is 0.749. The van der Waals surface area contributed by atoms with Crippen molar-refractivity contribution in [2.75, 3.05) is 13.6 Å². The Hall–Kier alpha value is -3.28. The van der Waals surface area contributed by atoms with E-state index in [0.717, 1.165) is 28.5 Å². The number of nitrogens with one attached hydrogen (secondary N) is 1. The topological polar surface area (TPSA) is 49.4 Å². The lowest BCUT2D eigenvalue weighted by Gasteiger charge is -2.18. The van der Waals surface area contributed by atoms with Crippen molar-refractivity contribution < 1.29 is 18.4 Å². The van der Waals surface area contributed by atoms with Crippen molar-refractivity contribution in [3.05, 3.63) is 83.4 Å². The maximum Gasteiger partial charge on any atom is 0.254 e. The number of amides is 2. The molecule has 0 aliphatic rings. The molecule has 0 saturated heterocycles. The second-order valence-corrected chi connectivity index (χ2v) is 6.24. The molecule has 3 rings (SSSR count). The monoisotopic (exact) mass is 368 g/mol. The van der Waals surface area contributed by atoms with E-state index in [1.54, 1.807) is 7.05 Å². The van der Waals surface area contributed by atoms with Crippen molar-refractivity contribution >= 4 is 22.6 Å². The Balaban J connectivity index is 1.59. The Labute approximate surface area is 155 Å². The van der Waals surface area contributed by atoms with E-state index in [1.165, 1.54) is 4.90 Å². The summed E-state index contributed by atoms with van der Waals surface area (Å²) in [5.41, 5.74) is 0.654. The lowest BCUT2D eigenvalue weighted by Crippen LogP contribution is -2.38. The molecule has 3 aromatic carbocycles. The number of nitrogens with zero attached hydrogens (tertiary/aromatic N) is 1. The number of fused-ring (bicyclic) bond motifs is 1. The summed E-state index contributed by atoms with van der Waals surface area (Å²) in [6.07, 6.45) is 0. The van der Waals surface area contributed by atoms with E-state index in [0.29, 0.717) is 12.6 Å². The van der Waals surface area contributed by atoms with Crippen LogP contribution < -0.4 is 5.32 Å². The number of carbonyl (C=O) groups excluding carboxylic acids is 2. The Morgan fingerprint density at radius 3 is 2.44 bits per heavy atom. The maximum absolute atomic E-state index is 13.6. The van der Waals surface area contributed by atoms with Gasteiger partial charge in [0, 0.05) is 19.7 Å². The first kappa shape index (κ1) is 18.5. The number of rotatable bonds is 5. The predicted octanol–water partition coefficient (Wildman–Crippen LogP) is 3.51. The van der Waals surface area contributed by atoms with Crippen LogP contribution in [0.4, 0.5) is 8.78 Å². The van der Waals surface area contributed by atoms with Gasteiger partial charge in [0.2, 0.25) is 5.91 Å². The van der Waals surface area contributed by atoms with Gasteiger partial charge in [-0.15, -0.1) is 0 Å². The Bertz CT molecular complexity index is 1000. The summed E-state index contributed by atoms with van der Waals surface area (Å²) in [6, 6.07) is 16.5. The fraction of sp³-hybridized carbons (Fsp3) is 0.143. The van der Waals surface area contributed by atoms with Gasteiger partial charge >= 0.3 is 0 Å². The predicted molar refractivity (Wildman–Crippen MR) is 99.1 cm³/mol. The molecular formula is C21H18F2N2O2. The Morgan fingerprint density at radius 1 is 0.963 bits per heavy atom. The molecule has 0 aliphatic heterocycles. The minimum atomic E-state index is -0.968. The first-order valence-corrected chi connectivity index (χ1v) is 8.39. The highest BCUT2D eigenvalue weighted by atomic mass is 19.1. The maximum atomic E-state index is 13.6. The molecule has 4 nitrogen and oxygen atoms in total. The van der Waals surface area contributed by atoms with Crippen LogP contribution >= 0.6 is 0 Å². The first-order valence-electron chi connectivity index (χ1n) is 8.39. The second-order valence-electron chi connectivity index (χ2n) is 6.24. The van der Waals surface area contributed by atoms with Gasteiger partial charge in [-0.1, -0.05) is 36.4 Å². The van der Waals surface area contributed by atoms with Gasteiger partial charge in [0.25, 0.3) is 5.91 Å². The van der Waals surface area contributed by atoms with Gasteiger partial charge in [-0.3, -0.25) is 9.59 Å². The third kappa shape index (κ3) is 4.47. The fourth-order valence-corrected chi connectivity index (χ4v) is 2.76. The van der Waals surface area contributed by atoms with Crippen LogP contribution in [0.5, 0.6) is 0 Å². The highest BCUT2D eigenvalue weighted by molar-refractivity contribution is 5.96. The van der Waals surface area contributed by atoms with E-state index in [9.17, 15) is 18.4 Å². The number of carbonyl (C=O) groups is 2. The van der Waals surface area contributed by atoms with Gasteiger partial charge in [0.05, 0.1) is 12.1 Å². The minimum absolute atomic E-state index is 0.278. The summed E-state index contributed by atoms with van der Waals surface area (Å²) in [5, 5.41) is 4.56. The fourth-order valence-electron chi connectivity index (χ4n) is 2.76. The van der Waals surface area contributed by atoms with Gasteiger partial charge in [-0.25, -0.2) is 8.78 Å². The number of likely N-dealkylation sites (N-methyl/N-ethyl adjacent to an activating group) is 1. The van der Waals surface area contributed by atoms with Crippen molar-refractivity contribution in [1.82, 2.24) is 10.2 Å². The van der Waals surface area contributed by atoms with Crippen molar-refractivity contribution in [3.8, 4) is 0 Å². The summed E-state index contributed by atoms with van der Waals surface area (Å²) >= 11 is 0. The molecule has 0 bridgehead atoms. The van der Waals surface area contributed by atoms with E-state index in [2.05, 4.69) is 5.32 Å². The lowest BCUT2D eigenvalue weighted by atomic mass is 10.1. The van der Waals surface area contributed by atoms with E-state index >= 15 is 0 Å². The SMILES string of the molecule is CN(Cc1ccc2ccccc2c1)C(=O)CNC(=O)c1ccc(F)cc1F. The van der Waals surface area contributed by atoms with E-state index in [-0.39, 0.29) is 18.0 Å². The highest BCUT2D eigenvalue weighted by Gasteiger charge is 2.15. The van der Waals surface area contributed by atoms with Crippen LogP contribution in [0.2, 0.25) is 0 Å². The molecule has 0 spiro atoms. The average molecular weight is 368 g/mol. The minimum Gasteiger partial charge on any atom is -0.343 e. The van der Waals surface area contributed by atoms with Gasteiger partial charge in [-0.05, 0) is 34.5 Å². The summed E-state index contributed by atoms with van der Waals surface area (Å²) < 4.78 is 26.5. The average Bonchev–Trinajstić information content (AvgIpc) is 2.65. The molecule has 27 heavy (non-hydrogen) atoms. The van der Waals surface area contributed by atoms with Crippen LogP contribution in [0.25, 0.3) is 10.8 Å². The molecule has 6 heteroatoms. The molecular weight excluding hydrogens is 350 g/mol. The zero-order valence-corrected chi connectivity index (χ0v) is 14.7. The largest absolute Gasteiger partial charge is 0.343 e. The molecule has 0 heterocycles. The Kier molecular flexibility index (Phi) is 5.45. The molecule has 0 atom stereocenters. The molecule has 0 unspecified atom stereocenters. The number of hydrogen-bond acceptors (Lipinski definition) is 2. The summed E-state index contributed by atoms with van der Waals surface area (Å²) in [5.74, 6) is -2.82. The van der Waals surface area contributed by atoms with Crippen molar-refractivity contribution in [3.63, 3.8) is 0 Å². The van der Waals surface area contributed by atoms with Crippen molar-refractivity contribution in [1.29, 1.82) is 0 Å². The third-order valence-electron chi connectivity index (χ3n) is 4.24. The van der Waals surface area contributed by atoms with Crippen LogP contribution in [0.1, 0.15) is 15.9 Å². The summed E-state index contributed by atoms with van der Waals surface area (Å²) in [6.45, 7) is 0.101. The second kappa shape index (κ2) is 7.95. The molecule has 2 amide bonds. The first-order chi connectivity index (χ1) is 12.9. The van der Waals surface area contributed by atoms with Crippen LogP contribution in [-0.4, -0.2) is 30.3 Å². The van der Waals surface area contributed by atoms with Gasteiger partial charge < -0.3 is 10.2 Å². The van der Waals surface area contributed by atoms with E-state index < -0.39 is 17.5 Å². The Morgan fingerprint density at radius 2 is 1.70 bits per heavy atom. The molecule has 0 aliphatic carbocycles. The number of hydrogen-bond donors (Lipinski definition) is 1. The molecule has 0 aromatic heterocycles. The molecule has 0 saturated carbocycles. The van der Waals surface area contributed by atoms with Gasteiger partial charge in [0.1, 0.15) is 11.6 Å². The van der Waals surface area contributed by atoms with Gasteiger partial charge in [0.15, 0.2) is 0 Å². The van der Waals surface area contributed by atoms with E-state index in [4.69, 9.17) is 0 Å².